The Kier molecular flexibility index (Phi) is 17.1. The van der Waals surface area contributed by atoms with Crippen molar-refractivity contribution in [1.82, 2.24) is 29.5 Å². The van der Waals surface area contributed by atoms with Gasteiger partial charge in [-0.1, -0.05) is 138 Å². The Morgan fingerprint density at radius 1 is 0.569 bits per heavy atom. The van der Waals surface area contributed by atoms with Gasteiger partial charge in [-0.25, -0.2) is 19.3 Å². The Morgan fingerprint density at radius 2 is 1.04 bits per heavy atom. The van der Waals surface area contributed by atoms with E-state index in [1.165, 1.54) is 29.1 Å². The van der Waals surface area contributed by atoms with Crippen molar-refractivity contribution < 1.29 is 10.0 Å². The summed E-state index contributed by atoms with van der Waals surface area (Å²) in [7, 11) is -1.43. The van der Waals surface area contributed by atoms with Crippen LogP contribution in [0.1, 0.15) is 16.7 Å². The number of halogens is 5. The van der Waals surface area contributed by atoms with Crippen LogP contribution in [0.2, 0.25) is 10.0 Å². The first kappa shape index (κ1) is 40.2. The first-order valence-corrected chi connectivity index (χ1v) is 18.8. The zero-order chi connectivity index (χ0) is 36.4. The Bertz CT molecular complexity index is 2050. The average molecular weight is 914 g/mol. The molecule has 2 heterocycles. The lowest BCUT2D eigenvalue weighted by Gasteiger charge is -2.06. The van der Waals surface area contributed by atoms with Crippen molar-refractivity contribution >= 4 is 83.6 Å². The third kappa shape index (κ3) is 14.9. The third-order valence-electron chi connectivity index (χ3n) is 6.79. The molecule has 0 spiro atoms. The predicted molar refractivity (Wildman–Crippen MR) is 217 cm³/mol. The van der Waals surface area contributed by atoms with Crippen molar-refractivity contribution in [3.63, 3.8) is 0 Å². The maximum atomic E-state index is 8.65. The van der Waals surface area contributed by atoms with Crippen molar-refractivity contribution in [2.75, 3.05) is 0 Å². The van der Waals surface area contributed by atoms with E-state index in [1.54, 1.807) is 46.5 Å². The maximum absolute atomic E-state index is 8.65. The number of alkyl halides is 1. The highest BCUT2D eigenvalue weighted by Crippen LogP contribution is 2.24. The van der Waals surface area contributed by atoms with Gasteiger partial charge in [-0.3, -0.25) is 0 Å². The van der Waals surface area contributed by atoms with Crippen LogP contribution in [-0.2, 0) is 18.4 Å². The van der Waals surface area contributed by atoms with Crippen LogP contribution in [0.3, 0.4) is 0 Å². The fourth-order valence-electron chi connectivity index (χ4n) is 4.44. The molecule has 5 aromatic carbocycles. The van der Waals surface area contributed by atoms with Gasteiger partial charge in [0.2, 0.25) is 0 Å². The van der Waals surface area contributed by atoms with Crippen LogP contribution in [0.15, 0.2) is 156 Å². The highest BCUT2D eigenvalue weighted by atomic mass is 79.9. The van der Waals surface area contributed by atoms with Crippen molar-refractivity contribution in [2.24, 2.45) is 0 Å². The second kappa shape index (κ2) is 21.7. The van der Waals surface area contributed by atoms with Gasteiger partial charge in [-0.15, -0.1) is 0 Å². The van der Waals surface area contributed by atoms with Gasteiger partial charge in [-0.2, -0.15) is 10.2 Å². The number of hydrogen-bond donors (Lipinski definition) is 2. The van der Waals surface area contributed by atoms with Gasteiger partial charge in [-0.05, 0) is 87.9 Å². The van der Waals surface area contributed by atoms with E-state index >= 15 is 0 Å². The molecule has 0 radical (unpaired) electrons. The minimum Gasteiger partial charge on any atom is -0.423 e. The van der Waals surface area contributed by atoms with Gasteiger partial charge < -0.3 is 10.0 Å². The maximum Gasteiger partial charge on any atom is 0.488 e. The molecule has 0 fully saturated rings. The molecule has 0 aliphatic rings. The van der Waals surface area contributed by atoms with E-state index in [9.17, 15) is 0 Å². The molecule has 7 aromatic rings. The largest absolute Gasteiger partial charge is 0.488 e. The normalized spacial score (nSPS) is 10.1. The number of benzene rings is 5. The highest BCUT2D eigenvalue weighted by Gasteiger charge is 2.09. The molecular formula is C37H32BBr3Cl2N6O2. The molecule has 260 valence electrons. The molecule has 8 nitrogen and oxygen atoms in total. The topological polar surface area (TPSA) is 102 Å². The zero-order valence-electron chi connectivity index (χ0n) is 27.0. The van der Waals surface area contributed by atoms with Gasteiger partial charge in [0.05, 0.1) is 13.1 Å². The first-order chi connectivity index (χ1) is 24.7. The highest BCUT2D eigenvalue weighted by molar-refractivity contribution is 9.10. The van der Waals surface area contributed by atoms with Crippen molar-refractivity contribution in [3.8, 4) is 11.1 Å². The number of hydrogen-bond acceptors (Lipinski definition) is 6. The summed E-state index contributed by atoms with van der Waals surface area (Å²) in [6.07, 6.45) is 6.51. The molecule has 7 rings (SSSR count). The van der Waals surface area contributed by atoms with E-state index in [1.807, 2.05) is 48.5 Å². The molecule has 2 aromatic heterocycles. The zero-order valence-corrected chi connectivity index (χ0v) is 33.3. The fourth-order valence-corrected chi connectivity index (χ4v) is 6.07. The molecule has 0 atom stereocenters. The lowest BCUT2D eigenvalue weighted by Crippen LogP contribution is -2.29. The van der Waals surface area contributed by atoms with Crippen LogP contribution >= 0.6 is 71.0 Å². The Labute approximate surface area is 332 Å². The van der Waals surface area contributed by atoms with Crippen LogP contribution in [0.5, 0.6) is 0 Å². The third-order valence-corrected chi connectivity index (χ3v) is 8.89. The minimum atomic E-state index is -1.43. The molecule has 0 aliphatic carbocycles. The summed E-state index contributed by atoms with van der Waals surface area (Å²) in [5.41, 5.74) is 6.37. The van der Waals surface area contributed by atoms with Gasteiger partial charge in [0.1, 0.15) is 25.3 Å². The molecule has 0 saturated heterocycles. The van der Waals surface area contributed by atoms with Crippen LogP contribution in [0.25, 0.3) is 11.1 Å². The quantitative estimate of drug-likeness (QED) is 0.122. The lowest BCUT2D eigenvalue weighted by atomic mass is 9.81. The Hall–Kier alpha value is -3.62. The summed E-state index contributed by atoms with van der Waals surface area (Å²) >= 11 is 21.8. The van der Waals surface area contributed by atoms with Gasteiger partial charge in [0, 0.05) is 24.3 Å². The molecule has 14 heteroatoms. The lowest BCUT2D eigenvalue weighted by molar-refractivity contribution is 0.426. The summed E-state index contributed by atoms with van der Waals surface area (Å²) in [6.45, 7) is 1.48. The molecule has 2 N–H and O–H groups in total. The van der Waals surface area contributed by atoms with Gasteiger partial charge in [0.15, 0.2) is 0 Å². The van der Waals surface area contributed by atoms with E-state index in [0.29, 0.717) is 17.0 Å². The summed E-state index contributed by atoms with van der Waals surface area (Å²) in [6, 6.07) is 39.0. The molecule has 0 saturated carbocycles. The van der Waals surface area contributed by atoms with E-state index in [-0.39, 0.29) is 0 Å². The molecule has 0 bridgehead atoms. The predicted octanol–water partition coefficient (Wildman–Crippen LogP) is 9.10. The van der Waals surface area contributed by atoms with Crippen molar-refractivity contribution in [3.05, 3.63) is 182 Å². The standard InChI is InChI=1S/C15H12ClN3.C9H8BrN3.C7H6Br2.C6H6BClO2/c16-15-6-2-5-14(8-15)13-4-1-3-12(7-13)9-19-11-17-10-18-19;10-9-3-1-2-8(4-9)5-13-7-11-6-12-13;8-5-6-2-1-3-7(9)4-6;8-6-3-1-2-5(4-6)7(9)10/h1-8,10-11H,9H2;1-4,6-7H,5H2;1-4H,5H2;1-4,9-10H. The number of rotatable bonds is 7. The number of aromatic nitrogens is 6. The molecular weight excluding hydrogens is 882 g/mol. The summed E-state index contributed by atoms with van der Waals surface area (Å²) in [4.78, 5) is 7.83. The van der Waals surface area contributed by atoms with Crippen LogP contribution < -0.4 is 5.46 Å². The fraction of sp³-hybridized carbons (Fsp3) is 0.0811. The number of nitrogens with zero attached hydrogens (tertiary/aromatic N) is 6. The van der Waals surface area contributed by atoms with Crippen molar-refractivity contribution in [2.45, 2.75) is 18.4 Å². The van der Waals surface area contributed by atoms with Gasteiger partial charge >= 0.3 is 7.12 Å². The molecule has 0 aliphatic heterocycles. The second-order valence-electron chi connectivity index (χ2n) is 10.7. The monoisotopic (exact) mass is 910 g/mol. The van der Waals surface area contributed by atoms with Crippen LogP contribution in [0.4, 0.5) is 0 Å². The van der Waals surface area contributed by atoms with E-state index < -0.39 is 7.12 Å². The second-order valence-corrected chi connectivity index (χ2v) is 14.0. The Morgan fingerprint density at radius 3 is 1.49 bits per heavy atom. The summed E-state index contributed by atoms with van der Waals surface area (Å²) in [5.74, 6) is 0. The average Bonchev–Trinajstić information content (AvgIpc) is 3.84. The minimum absolute atomic E-state index is 0.410. The Balaban J connectivity index is 0.000000160. The van der Waals surface area contributed by atoms with Crippen molar-refractivity contribution in [1.29, 1.82) is 0 Å². The molecule has 51 heavy (non-hydrogen) atoms. The van der Waals surface area contributed by atoms with Crippen LogP contribution in [-0.4, -0.2) is 46.7 Å². The SMILES string of the molecule is BrCc1cccc(Br)c1.Brc1cccc(Cn2cncn2)c1.Clc1cccc(-c2cccc(Cn3cncn3)c2)c1.OB(O)c1cccc(Cl)c1. The van der Waals surface area contributed by atoms with E-state index in [0.717, 1.165) is 37.0 Å². The summed E-state index contributed by atoms with van der Waals surface area (Å²) < 4.78 is 5.82. The van der Waals surface area contributed by atoms with E-state index in [4.69, 9.17) is 33.2 Å². The smallest absolute Gasteiger partial charge is 0.423 e. The van der Waals surface area contributed by atoms with Gasteiger partial charge in [0.25, 0.3) is 0 Å². The van der Waals surface area contributed by atoms with Crippen LogP contribution in [0, 0.1) is 0 Å². The summed E-state index contributed by atoms with van der Waals surface area (Å²) in [5, 5.41) is 27.6. The molecule has 0 unspecified atom stereocenters. The van der Waals surface area contributed by atoms with E-state index in [2.05, 4.69) is 116 Å². The molecule has 0 amide bonds. The first-order valence-electron chi connectivity index (χ1n) is 15.3.